The molecule has 1 aromatic heterocycles. The van der Waals surface area contributed by atoms with E-state index in [-0.39, 0.29) is 28.8 Å². The molecule has 0 saturated carbocycles. The number of aromatic nitrogens is 3. The number of hydrogen-bond acceptors (Lipinski definition) is 6. The summed E-state index contributed by atoms with van der Waals surface area (Å²) < 4.78 is 40.0. The summed E-state index contributed by atoms with van der Waals surface area (Å²) in [5.41, 5.74) is -1.70. The molecule has 28 heavy (non-hydrogen) atoms. The molecule has 2 heterocycles. The number of benzene rings is 1. The highest BCUT2D eigenvalue weighted by molar-refractivity contribution is 5.70. The normalized spacial score (nSPS) is 18.3. The second kappa shape index (κ2) is 7.42. The molecule has 0 bridgehead atoms. The molecule has 0 radical (unpaired) electrons. The highest BCUT2D eigenvalue weighted by atomic mass is 19.4. The summed E-state index contributed by atoms with van der Waals surface area (Å²) in [7, 11) is 3.52. The van der Waals surface area contributed by atoms with Gasteiger partial charge in [0.25, 0.3) is 5.56 Å². The van der Waals surface area contributed by atoms with E-state index in [2.05, 4.69) is 20.4 Å². The van der Waals surface area contributed by atoms with Gasteiger partial charge < -0.3 is 15.3 Å². The van der Waals surface area contributed by atoms with Crippen LogP contribution in [0.5, 0.6) is 5.75 Å². The van der Waals surface area contributed by atoms with Crippen LogP contribution in [0.25, 0.3) is 11.3 Å². The predicted molar refractivity (Wildman–Crippen MR) is 98.3 cm³/mol. The van der Waals surface area contributed by atoms with E-state index in [4.69, 9.17) is 0 Å². The second-order valence-electron chi connectivity index (χ2n) is 7.17. The predicted octanol–water partition coefficient (Wildman–Crippen LogP) is 2.38. The number of anilines is 1. The molecular weight excluding hydrogens is 375 g/mol. The Kier molecular flexibility index (Phi) is 5.33. The van der Waals surface area contributed by atoms with E-state index >= 15 is 0 Å². The fourth-order valence-electron chi connectivity index (χ4n) is 3.45. The van der Waals surface area contributed by atoms with Crippen LogP contribution in [0.15, 0.2) is 16.9 Å². The van der Waals surface area contributed by atoms with Crippen molar-refractivity contribution in [2.24, 2.45) is 7.05 Å². The maximum Gasteiger partial charge on any atom is 0.416 e. The summed E-state index contributed by atoms with van der Waals surface area (Å²) in [6, 6.07) is 1.58. The van der Waals surface area contributed by atoms with Crippen LogP contribution in [0, 0.1) is 6.92 Å². The molecule has 2 N–H and O–H groups in total. The minimum Gasteiger partial charge on any atom is -0.507 e. The molecule has 1 saturated heterocycles. The maximum absolute atomic E-state index is 12.9. The van der Waals surface area contributed by atoms with Crippen LogP contribution in [0.3, 0.4) is 0 Å². The molecule has 1 aromatic carbocycles. The van der Waals surface area contributed by atoms with Crippen LogP contribution < -0.4 is 10.9 Å². The number of rotatable bonds is 3. The number of alkyl halides is 3. The van der Waals surface area contributed by atoms with Gasteiger partial charge in [0.2, 0.25) is 5.95 Å². The van der Waals surface area contributed by atoms with Gasteiger partial charge in [-0.25, -0.2) is 0 Å². The molecule has 0 amide bonds. The summed E-state index contributed by atoms with van der Waals surface area (Å²) in [4.78, 5) is 14.9. The maximum atomic E-state index is 12.9. The van der Waals surface area contributed by atoms with Crippen molar-refractivity contribution in [3.05, 3.63) is 33.6 Å². The van der Waals surface area contributed by atoms with E-state index < -0.39 is 23.0 Å². The van der Waals surface area contributed by atoms with Crippen molar-refractivity contribution in [2.45, 2.75) is 32.0 Å². The number of halogens is 3. The third kappa shape index (κ3) is 3.96. The molecule has 0 spiro atoms. The van der Waals surface area contributed by atoms with Crippen LogP contribution >= 0.6 is 0 Å². The zero-order valence-corrected chi connectivity index (χ0v) is 15.8. The molecule has 3 rings (SSSR count). The minimum atomic E-state index is -4.60. The molecule has 1 aliphatic rings. The standard InChI is InChI=1S/C18H22F3N5O2/c1-10-7-11(18(19,20)21)8-13(27)14(10)15-16(28)26(3)17(24-23-15)22-12-5-4-6-25(2)9-12/h7-8,12,27H,4-6,9H2,1-3H3,(H,22,24)/t12-/m1/s1. The van der Waals surface area contributed by atoms with E-state index in [1.165, 1.54) is 18.5 Å². The van der Waals surface area contributed by atoms with E-state index in [9.17, 15) is 23.1 Å². The zero-order valence-electron chi connectivity index (χ0n) is 15.8. The summed E-state index contributed by atoms with van der Waals surface area (Å²) in [5, 5.41) is 21.3. The van der Waals surface area contributed by atoms with Gasteiger partial charge in [-0.05, 0) is 51.1 Å². The number of likely N-dealkylation sites (tertiary alicyclic amines) is 1. The van der Waals surface area contributed by atoms with Gasteiger partial charge in [-0.3, -0.25) is 9.36 Å². The molecule has 152 valence electrons. The smallest absolute Gasteiger partial charge is 0.416 e. The van der Waals surface area contributed by atoms with Gasteiger partial charge in [-0.15, -0.1) is 10.2 Å². The number of phenolic OH excluding ortho intramolecular Hbond substituents is 1. The van der Waals surface area contributed by atoms with Crippen molar-refractivity contribution in [1.82, 2.24) is 19.7 Å². The second-order valence-corrected chi connectivity index (χ2v) is 7.17. The number of likely N-dealkylation sites (N-methyl/N-ethyl adjacent to an activating group) is 1. The number of hydrogen-bond donors (Lipinski definition) is 2. The summed E-state index contributed by atoms with van der Waals surface area (Å²) >= 11 is 0. The van der Waals surface area contributed by atoms with Crippen molar-refractivity contribution in [1.29, 1.82) is 0 Å². The third-order valence-electron chi connectivity index (χ3n) is 4.91. The highest BCUT2D eigenvalue weighted by Gasteiger charge is 2.32. The minimum absolute atomic E-state index is 0.0509. The van der Waals surface area contributed by atoms with Gasteiger partial charge in [0, 0.05) is 19.6 Å². The van der Waals surface area contributed by atoms with Crippen molar-refractivity contribution >= 4 is 5.95 Å². The van der Waals surface area contributed by atoms with Crippen molar-refractivity contribution in [3.8, 4) is 17.0 Å². The number of nitrogens with one attached hydrogen (secondary N) is 1. The van der Waals surface area contributed by atoms with Crippen LogP contribution in [0.1, 0.15) is 24.0 Å². The van der Waals surface area contributed by atoms with Gasteiger partial charge in [0.05, 0.1) is 11.1 Å². The quantitative estimate of drug-likeness (QED) is 0.828. The Morgan fingerprint density at radius 3 is 2.57 bits per heavy atom. The number of piperidine rings is 1. The fraction of sp³-hybridized carbons (Fsp3) is 0.500. The lowest BCUT2D eigenvalue weighted by molar-refractivity contribution is -0.137. The monoisotopic (exact) mass is 397 g/mol. The fourth-order valence-corrected chi connectivity index (χ4v) is 3.45. The topological polar surface area (TPSA) is 83.3 Å². The SMILES string of the molecule is Cc1cc(C(F)(F)F)cc(O)c1-c1nnc(N[C@@H]2CCCN(C)C2)n(C)c1=O. The molecule has 2 aromatic rings. The van der Waals surface area contributed by atoms with Crippen LogP contribution in [0.4, 0.5) is 19.1 Å². The Balaban J connectivity index is 1.96. The van der Waals surface area contributed by atoms with Gasteiger partial charge in [-0.1, -0.05) is 0 Å². The average molecular weight is 397 g/mol. The molecule has 1 atom stereocenters. The number of nitrogens with zero attached hydrogens (tertiary/aromatic N) is 4. The van der Waals surface area contributed by atoms with E-state index in [0.29, 0.717) is 6.07 Å². The lowest BCUT2D eigenvalue weighted by atomic mass is 10.0. The van der Waals surface area contributed by atoms with E-state index in [1.54, 1.807) is 0 Å². The van der Waals surface area contributed by atoms with Crippen LogP contribution in [-0.4, -0.2) is 50.9 Å². The molecule has 1 aliphatic heterocycles. The highest BCUT2D eigenvalue weighted by Crippen LogP contribution is 2.37. The zero-order chi connectivity index (χ0) is 20.6. The largest absolute Gasteiger partial charge is 0.507 e. The Hall–Kier alpha value is -2.62. The number of aromatic hydroxyl groups is 1. The van der Waals surface area contributed by atoms with Crippen molar-refractivity contribution in [2.75, 3.05) is 25.5 Å². The summed E-state index contributed by atoms with van der Waals surface area (Å²) in [6.45, 7) is 3.19. The molecule has 0 unspecified atom stereocenters. The molecule has 7 nitrogen and oxygen atoms in total. The van der Waals surface area contributed by atoms with Gasteiger partial charge in [0.1, 0.15) is 5.75 Å². The Morgan fingerprint density at radius 1 is 1.25 bits per heavy atom. The Labute approximate surface area is 159 Å². The number of phenols is 1. The van der Waals surface area contributed by atoms with Gasteiger partial charge in [-0.2, -0.15) is 13.2 Å². The first kappa shape index (κ1) is 20.1. The van der Waals surface area contributed by atoms with Crippen LogP contribution in [0.2, 0.25) is 0 Å². The Bertz CT molecular complexity index is 919. The molecule has 0 aliphatic carbocycles. The molecule has 1 fully saturated rings. The van der Waals surface area contributed by atoms with E-state index in [1.807, 2.05) is 7.05 Å². The number of aryl methyl sites for hydroxylation is 1. The Morgan fingerprint density at radius 2 is 1.96 bits per heavy atom. The van der Waals surface area contributed by atoms with Crippen LogP contribution in [-0.2, 0) is 13.2 Å². The lowest BCUT2D eigenvalue weighted by Gasteiger charge is -2.30. The first-order valence-electron chi connectivity index (χ1n) is 8.88. The van der Waals surface area contributed by atoms with Crippen molar-refractivity contribution in [3.63, 3.8) is 0 Å². The summed E-state index contributed by atoms with van der Waals surface area (Å²) in [5.74, 6) is -0.383. The first-order chi connectivity index (χ1) is 13.1. The third-order valence-corrected chi connectivity index (χ3v) is 4.91. The van der Waals surface area contributed by atoms with E-state index in [0.717, 1.165) is 32.0 Å². The average Bonchev–Trinajstić information content (AvgIpc) is 2.59. The molecule has 10 heteroatoms. The van der Waals surface area contributed by atoms with Crippen molar-refractivity contribution < 1.29 is 18.3 Å². The molecular formula is C18H22F3N5O2. The summed E-state index contributed by atoms with van der Waals surface area (Å²) in [6.07, 6.45) is -2.65. The lowest BCUT2D eigenvalue weighted by Crippen LogP contribution is -2.41. The van der Waals surface area contributed by atoms with Gasteiger partial charge in [0.15, 0.2) is 5.69 Å². The van der Waals surface area contributed by atoms with Gasteiger partial charge >= 0.3 is 6.18 Å². The first-order valence-corrected chi connectivity index (χ1v) is 8.88.